The molecule has 1 aromatic heterocycles. The number of hydrogen-bond donors (Lipinski definition) is 1. The third-order valence-electron chi connectivity index (χ3n) is 5.05. The molecule has 2 aliphatic rings. The van der Waals surface area contributed by atoms with Crippen LogP contribution < -0.4 is 0 Å². The number of H-pyrrole nitrogens is 1. The molecule has 2 fully saturated rings. The lowest BCUT2D eigenvalue weighted by atomic mass is 9.85. The van der Waals surface area contributed by atoms with Gasteiger partial charge in [0.2, 0.25) is 0 Å². The minimum atomic E-state index is -0.207. The van der Waals surface area contributed by atoms with Crippen LogP contribution in [0, 0.1) is 0 Å². The van der Waals surface area contributed by atoms with Gasteiger partial charge in [-0.15, -0.1) is 0 Å². The number of aromatic nitrogens is 3. The maximum absolute atomic E-state index is 12.8. The van der Waals surface area contributed by atoms with E-state index in [1.165, 1.54) is 0 Å². The van der Waals surface area contributed by atoms with Crippen LogP contribution in [0.5, 0.6) is 0 Å². The molecule has 2 aromatic rings. The summed E-state index contributed by atoms with van der Waals surface area (Å²) >= 11 is 0. The van der Waals surface area contributed by atoms with Crippen molar-refractivity contribution < 1.29 is 14.3 Å². The Labute approximate surface area is 133 Å². The molecule has 1 aromatic carbocycles. The van der Waals surface area contributed by atoms with E-state index >= 15 is 0 Å². The Hall–Kier alpha value is -1.99. The zero-order chi connectivity index (χ0) is 15.9. The summed E-state index contributed by atoms with van der Waals surface area (Å²) in [4.78, 5) is 14.7. The second-order valence-electron chi connectivity index (χ2n) is 6.27. The Morgan fingerprint density at radius 2 is 2.26 bits per heavy atom. The molecule has 7 heteroatoms. The van der Waals surface area contributed by atoms with Crippen LogP contribution in [0.25, 0.3) is 11.0 Å². The molecular formula is C16H20N4O3. The molecule has 2 saturated heterocycles. The number of carbonyl (C=O) groups excluding carboxylic acids is 1. The van der Waals surface area contributed by atoms with Crippen LogP contribution in [0.4, 0.5) is 0 Å². The molecule has 0 saturated carbocycles. The van der Waals surface area contributed by atoms with Crippen molar-refractivity contribution in [1.82, 2.24) is 20.3 Å². The zero-order valence-electron chi connectivity index (χ0n) is 13.1. The highest BCUT2D eigenvalue weighted by atomic mass is 16.5. The molecule has 2 atom stereocenters. The van der Waals surface area contributed by atoms with E-state index in [-0.39, 0.29) is 17.6 Å². The highest BCUT2D eigenvalue weighted by molar-refractivity contribution is 5.97. The van der Waals surface area contributed by atoms with Crippen LogP contribution in [0.1, 0.15) is 29.6 Å². The quantitative estimate of drug-likeness (QED) is 0.905. The molecule has 0 aliphatic carbocycles. The fourth-order valence-corrected chi connectivity index (χ4v) is 3.74. The van der Waals surface area contributed by atoms with E-state index in [0.717, 1.165) is 31.4 Å². The summed E-state index contributed by atoms with van der Waals surface area (Å²) in [5.41, 5.74) is 1.88. The first-order valence-corrected chi connectivity index (χ1v) is 7.98. The van der Waals surface area contributed by atoms with Gasteiger partial charge >= 0.3 is 0 Å². The monoisotopic (exact) mass is 316 g/mol. The van der Waals surface area contributed by atoms with Gasteiger partial charge in [-0.25, -0.2) is 0 Å². The van der Waals surface area contributed by atoms with Gasteiger partial charge in [0.05, 0.1) is 5.60 Å². The summed E-state index contributed by atoms with van der Waals surface area (Å²) in [6.07, 6.45) is 2.83. The first-order chi connectivity index (χ1) is 11.2. The Bertz CT molecular complexity index is 723. The van der Waals surface area contributed by atoms with Gasteiger partial charge in [0.1, 0.15) is 17.1 Å². The molecule has 0 bridgehead atoms. The third kappa shape index (κ3) is 2.40. The first-order valence-electron chi connectivity index (χ1n) is 7.98. The molecule has 7 nitrogen and oxygen atoms in total. The molecule has 1 spiro atoms. The largest absolute Gasteiger partial charge is 0.377 e. The standard InChI is InChI=1S/C16H20N4O3/c1-22-14-10-20(7-6-16(14)5-2-8-23-16)15(21)11-3-4-12-13(9-11)18-19-17-12/h3-4,9,14H,2,5-8,10H2,1H3,(H,17,18,19)/t14-,16-/m0/s1. The number of aromatic amines is 1. The number of benzene rings is 1. The number of amides is 1. The van der Waals surface area contributed by atoms with Crippen LogP contribution in [-0.4, -0.2) is 64.7 Å². The fourth-order valence-electron chi connectivity index (χ4n) is 3.74. The molecule has 0 unspecified atom stereocenters. The van der Waals surface area contributed by atoms with E-state index in [1.54, 1.807) is 19.2 Å². The lowest BCUT2D eigenvalue weighted by molar-refractivity contribution is -0.136. The van der Waals surface area contributed by atoms with Crippen molar-refractivity contribution in [3.8, 4) is 0 Å². The maximum atomic E-state index is 12.8. The highest BCUT2D eigenvalue weighted by Gasteiger charge is 2.47. The Morgan fingerprint density at radius 1 is 1.39 bits per heavy atom. The summed E-state index contributed by atoms with van der Waals surface area (Å²) < 4.78 is 11.6. The highest BCUT2D eigenvalue weighted by Crippen LogP contribution is 2.37. The van der Waals surface area contributed by atoms with Gasteiger partial charge in [0.25, 0.3) is 5.91 Å². The van der Waals surface area contributed by atoms with E-state index in [4.69, 9.17) is 9.47 Å². The van der Waals surface area contributed by atoms with E-state index in [1.807, 2.05) is 11.0 Å². The molecule has 1 N–H and O–H groups in total. The second-order valence-corrected chi connectivity index (χ2v) is 6.27. The predicted molar refractivity (Wildman–Crippen MR) is 83.1 cm³/mol. The number of ether oxygens (including phenoxy) is 2. The summed E-state index contributed by atoms with van der Waals surface area (Å²) in [6.45, 7) is 2.04. The third-order valence-corrected chi connectivity index (χ3v) is 5.05. The minimum absolute atomic E-state index is 0.00444. The minimum Gasteiger partial charge on any atom is -0.377 e. The number of carbonyl (C=O) groups is 1. The van der Waals surface area contributed by atoms with Crippen molar-refractivity contribution >= 4 is 16.9 Å². The van der Waals surface area contributed by atoms with Crippen molar-refractivity contribution in [1.29, 1.82) is 0 Å². The number of nitrogens with zero attached hydrogens (tertiary/aromatic N) is 3. The number of likely N-dealkylation sites (tertiary alicyclic amines) is 1. The summed E-state index contributed by atoms with van der Waals surface area (Å²) in [5, 5.41) is 10.6. The molecule has 1 amide bonds. The average molecular weight is 316 g/mol. The van der Waals surface area contributed by atoms with Crippen molar-refractivity contribution in [2.45, 2.75) is 31.0 Å². The van der Waals surface area contributed by atoms with Crippen LogP contribution >= 0.6 is 0 Å². The van der Waals surface area contributed by atoms with Crippen molar-refractivity contribution in [2.24, 2.45) is 0 Å². The van der Waals surface area contributed by atoms with E-state index in [9.17, 15) is 4.79 Å². The van der Waals surface area contributed by atoms with E-state index in [2.05, 4.69) is 15.4 Å². The van der Waals surface area contributed by atoms with Gasteiger partial charge in [-0.2, -0.15) is 15.4 Å². The zero-order valence-corrected chi connectivity index (χ0v) is 13.1. The van der Waals surface area contributed by atoms with E-state index in [0.29, 0.717) is 24.2 Å². The Balaban J connectivity index is 1.54. The van der Waals surface area contributed by atoms with Crippen molar-refractivity contribution in [2.75, 3.05) is 26.8 Å². The van der Waals surface area contributed by atoms with Crippen LogP contribution in [0.3, 0.4) is 0 Å². The number of piperidine rings is 1. The molecule has 4 rings (SSSR count). The molecule has 2 aliphatic heterocycles. The van der Waals surface area contributed by atoms with Crippen LogP contribution in [0.2, 0.25) is 0 Å². The maximum Gasteiger partial charge on any atom is 0.254 e. The molecule has 23 heavy (non-hydrogen) atoms. The van der Waals surface area contributed by atoms with Crippen molar-refractivity contribution in [3.05, 3.63) is 23.8 Å². The van der Waals surface area contributed by atoms with Crippen molar-refractivity contribution in [3.63, 3.8) is 0 Å². The molecule has 0 radical (unpaired) electrons. The van der Waals surface area contributed by atoms with Crippen LogP contribution in [0.15, 0.2) is 18.2 Å². The van der Waals surface area contributed by atoms with E-state index < -0.39 is 0 Å². The normalized spacial score (nSPS) is 27.9. The Morgan fingerprint density at radius 3 is 3.04 bits per heavy atom. The number of hydrogen-bond acceptors (Lipinski definition) is 5. The topological polar surface area (TPSA) is 80.3 Å². The van der Waals surface area contributed by atoms with Gasteiger partial charge in [-0.05, 0) is 37.5 Å². The molecule has 3 heterocycles. The lowest BCUT2D eigenvalue weighted by Crippen LogP contribution is -2.57. The predicted octanol–water partition coefficient (Wildman–Crippen LogP) is 1.37. The van der Waals surface area contributed by atoms with Gasteiger partial charge in [-0.1, -0.05) is 0 Å². The second kappa shape index (κ2) is 5.58. The number of fused-ring (bicyclic) bond motifs is 1. The summed E-state index contributed by atoms with van der Waals surface area (Å²) in [5.74, 6) is 0.00444. The van der Waals surface area contributed by atoms with Gasteiger partial charge in [0.15, 0.2) is 0 Å². The molecule has 122 valence electrons. The SMILES string of the molecule is CO[C@H]1CN(C(=O)c2ccc3n[nH]nc3c2)CC[C@@]12CCCO2. The fraction of sp³-hybridized carbons (Fsp3) is 0.562. The molecular weight excluding hydrogens is 296 g/mol. The summed E-state index contributed by atoms with van der Waals surface area (Å²) in [7, 11) is 1.70. The lowest BCUT2D eigenvalue weighted by Gasteiger charge is -2.44. The smallest absolute Gasteiger partial charge is 0.254 e. The van der Waals surface area contributed by atoms with Gasteiger partial charge in [-0.3, -0.25) is 4.79 Å². The van der Waals surface area contributed by atoms with Gasteiger partial charge < -0.3 is 14.4 Å². The average Bonchev–Trinajstić information content (AvgIpc) is 3.23. The number of methoxy groups -OCH3 is 1. The van der Waals surface area contributed by atoms with Crippen LogP contribution in [-0.2, 0) is 9.47 Å². The Kier molecular flexibility index (Phi) is 3.54. The summed E-state index contributed by atoms with van der Waals surface area (Å²) in [6, 6.07) is 5.39. The van der Waals surface area contributed by atoms with Gasteiger partial charge in [0, 0.05) is 32.4 Å². The number of rotatable bonds is 2. The first kappa shape index (κ1) is 14.6. The number of nitrogens with one attached hydrogen (secondary N) is 1.